The molecule has 0 fully saturated rings. The van der Waals surface area contributed by atoms with Crippen LogP contribution in [0.3, 0.4) is 0 Å². The fourth-order valence-corrected chi connectivity index (χ4v) is 3.43. The molecule has 0 aliphatic rings. The first-order valence-electron chi connectivity index (χ1n) is 7.02. The van der Waals surface area contributed by atoms with E-state index in [-0.39, 0.29) is 5.69 Å². The molecule has 2 aromatic carbocycles. The van der Waals surface area contributed by atoms with Crippen LogP contribution in [0.25, 0.3) is 0 Å². The van der Waals surface area contributed by atoms with Gasteiger partial charge in [-0.1, -0.05) is 0 Å². The van der Waals surface area contributed by atoms with Crippen LogP contribution in [0.5, 0.6) is 0 Å². The zero-order chi connectivity index (χ0) is 18.1. The lowest BCUT2D eigenvalue weighted by atomic mass is 10.2. The van der Waals surface area contributed by atoms with E-state index in [0.717, 1.165) is 20.6 Å². The van der Waals surface area contributed by atoms with Gasteiger partial charge in [0.15, 0.2) is 0 Å². The predicted octanol–water partition coefficient (Wildman–Crippen LogP) is 6.41. The minimum absolute atomic E-state index is 0.0902. The van der Waals surface area contributed by atoms with E-state index in [9.17, 15) is 13.6 Å². The Morgan fingerprint density at radius 1 is 1.12 bits per heavy atom. The molecular formula is C17H15BrF2INO2. The van der Waals surface area contributed by atoms with Crippen molar-refractivity contribution in [3.63, 3.8) is 0 Å². The standard InChI is InChI=1S/C17H15BrF2INO2/c1-17(2,3)24-16(23)22(14-7-5-11(21)9-12(14)18)15-6-4-10(19)8-13(15)20/h4-9H,1-3H3. The largest absolute Gasteiger partial charge is 0.443 e. The van der Waals surface area contributed by atoms with Gasteiger partial charge in [-0.3, -0.25) is 0 Å². The van der Waals surface area contributed by atoms with Gasteiger partial charge in [-0.05, 0) is 89.6 Å². The van der Waals surface area contributed by atoms with Gasteiger partial charge in [-0.15, -0.1) is 0 Å². The monoisotopic (exact) mass is 509 g/mol. The van der Waals surface area contributed by atoms with Gasteiger partial charge in [0.2, 0.25) is 0 Å². The number of rotatable bonds is 2. The number of carbonyl (C=O) groups is 1. The first-order chi connectivity index (χ1) is 11.1. The van der Waals surface area contributed by atoms with Crippen LogP contribution in [0.1, 0.15) is 20.8 Å². The van der Waals surface area contributed by atoms with Crippen molar-refractivity contribution in [2.24, 2.45) is 0 Å². The summed E-state index contributed by atoms with van der Waals surface area (Å²) >= 11 is 5.50. The zero-order valence-corrected chi connectivity index (χ0v) is 17.0. The number of hydrogen-bond donors (Lipinski definition) is 0. The summed E-state index contributed by atoms with van der Waals surface area (Å²) < 4.78 is 34.4. The SMILES string of the molecule is CC(C)(C)OC(=O)N(c1ccc(F)cc1F)c1ccc(I)cc1Br. The number of ether oxygens (including phenoxy) is 1. The van der Waals surface area contributed by atoms with Crippen molar-refractivity contribution >= 4 is 56.0 Å². The predicted molar refractivity (Wildman–Crippen MR) is 102 cm³/mol. The molecule has 1 amide bonds. The molecule has 0 spiro atoms. The molecule has 0 aromatic heterocycles. The molecule has 0 atom stereocenters. The van der Waals surface area contributed by atoms with Crippen LogP contribution in [0.4, 0.5) is 25.0 Å². The topological polar surface area (TPSA) is 29.5 Å². The fraction of sp³-hybridized carbons (Fsp3) is 0.235. The molecule has 0 heterocycles. The lowest BCUT2D eigenvalue weighted by Crippen LogP contribution is -2.34. The highest BCUT2D eigenvalue weighted by molar-refractivity contribution is 14.1. The van der Waals surface area contributed by atoms with Crippen LogP contribution in [-0.2, 0) is 4.74 Å². The van der Waals surface area contributed by atoms with E-state index in [1.54, 1.807) is 39.0 Å². The van der Waals surface area contributed by atoms with Crippen molar-refractivity contribution in [1.82, 2.24) is 0 Å². The van der Waals surface area contributed by atoms with Gasteiger partial charge in [0.05, 0.1) is 11.4 Å². The van der Waals surface area contributed by atoms with E-state index in [1.165, 1.54) is 6.07 Å². The Kier molecular flexibility index (Phi) is 5.85. The van der Waals surface area contributed by atoms with Gasteiger partial charge in [-0.25, -0.2) is 18.5 Å². The van der Waals surface area contributed by atoms with E-state index in [1.807, 2.05) is 0 Å². The van der Waals surface area contributed by atoms with Gasteiger partial charge < -0.3 is 4.74 Å². The van der Waals surface area contributed by atoms with Crippen molar-refractivity contribution < 1.29 is 18.3 Å². The molecule has 24 heavy (non-hydrogen) atoms. The maximum Gasteiger partial charge on any atom is 0.419 e. The average molecular weight is 510 g/mol. The van der Waals surface area contributed by atoms with Crippen LogP contribution in [0.2, 0.25) is 0 Å². The van der Waals surface area contributed by atoms with Gasteiger partial charge in [0.1, 0.15) is 17.2 Å². The van der Waals surface area contributed by atoms with Gasteiger partial charge in [-0.2, -0.15) is 0 Å². The number of carbonyl (C=O) groups excluding carboxylic acids is 1. The van der Waals surface area contributed by atoms with Crippen LogP contribution < -0.4 is 4.90 Å². The minimum Gasteiger partial charge on any atom is -0.443 e. The van der Waals surface area contributed by atoms with Crippen molar-refractivity contribution in [1.29, 1.82) is 0 Å². The molecule has 128 valence electrons. The summed E-state index contributed by atoms with van der Waals surface area (Å²) in [6, 6.07) is 8.26. The summed E-state index contributed by atoms with van der Waals surface area (Å²) in [5.74, 6) is -1.58. The second-order valence-electron chi connectivity index (χ2n) is 6.01. The lowest BCUT2D eigenvalue weighted by molar-refractivity contribution is 0.0598. The smallest absolute Gasteiger partial charge is 0.419 e. The summed E-state index contributed by atoms with van der Waals surface area (Å²) in [5, 5.41) is 0. The van der Waals surface area contributed by atoms with E-state index in [0.29, 0.717) is 10.2 Å². The summed E-state index contributed by atoms with van der Waals surface area (Å²) in [7, 11) is 0. The number of halogens is 4. The fourth-order valence-electron chi connectivity index (χ4n) is 1.96. The van der Waals surface area contributed by atoms with E-state index >= 15 is 0 Å². The normalized spacial score (nSPS) is 11.3. The minimum atomic E-state index is -0.855. The Balaban J connectivity index is 2.58. The van der Waals surface area contributed by atoms with E-state index in [4.69, 9.17) is 4.74 Å². The molecule has 3 nitrogen and oxygen atoms in total. The van der Waals surface area contributed by atoms with Crippen LogP contribution >= 0.6 is 38.5 Å². The van der Waals surface area contributed by atoms with Crippen LogP contribution in [0.15, 0.2) is 40.9 Å². The molecule has 0 radical (unpaired) electrons. The Hall–Kier alpha value is -1.22. The molecule has 0 saturated carbocycles. The summed E-state index contributed by atoms with van der Waals surface area (Å²) in [6.07, 6.45) is -0.755. The summed E-state index contributed by atoms with van der Waals surface area (Å²) in [4.78, 5) is 13.7. The third-order valence-electron chi connectivity index (χ3n) is 2.88. The van der Waals surface area contributed by atoms with Gasteiger partial charge >= 0.3 is 6.09 Å². The molecule has 2 rings (SSSR count). The number of nitrogens with zero attached hydrogens (tertiary/aromatic N) is 1. The Labute approximate surface area is 161 Å². The highest BCUT2D eigenvalue weighted by Crippen LogP contribution is 2.36. The maximum atomic E-state index is 14.3. The van der Waals surface area contributed by atoms with E-state index in [2.05, 4.69) is 38.5 Å². The zero-order valence-electron chi connectivity index (χ0n) is 13.2. The molecule has 7 heteroatoms. The number of benzene rings is 2. The van der Waals surface area contributed by atoms with Crippen molar-refractivity contribution in [3.8, 4) is 0 Å². The summed E-state index contributed by atoms with van der Waals surface area (Å²) in [5.41, 5.74) is -0.454. The molecule has 2 aromatic rings. The molecule has 0 saturated heterocycles. The van der Waals surface area contributed by atoms with Crippen molar-refractivity contribution in [2.45, 2.75) is 26.4 Å². The first-order valence-corrected chi connectivity index (χ1v) is 8.89. The number of amides is 1. The molecule has 0 aliphatic heterocycles. The maximum absolute atomic E-state index is 14.3. The lowest BCUT2D eigenvalue weighted by Gasteiger charge is -2.28. The molecule has 0 N–H and O–H groups in total. The Morgan fingerprint density at radius 3 is 2.29 bits per heavy atom. The van der Waals surface area contributed by atoms with Gasteiger partial charge in [0.25, 0.3) is 0 Å². The third kappa shape index (κ3) is 4.66. The van der Waals surface area contributed by atoms with Gasteiger partial charge in [0, 0.05) is 14.1 Å². The molecule has 0 aliphatic carbocycles. The number of anilines is 2. The molecular weight excluding hydrogens is 495 g/mol. The van der Waals surface area contributed by atoms with Crippen molar-refractivity contribution in [2.75, 3.05) is 4.90 Å². The van der Waals surface area contributed by atoms with Crippen LogP contribution in [-0.4, -0.2) is 11.7 Å². The van der Waals surface area contributed by atoms with Crippen LogP contribution in [0, 0.1) is 15.2 Å². The van der Waals surface area contributed by atoms with E-state index < -0.39 is 23.3 Å². The second kappa shape index (κ2) is 7.35. The average Bonchev–Trinajstić information content (AvgIpc) is 2.41. The summed E-state index contributed by atoms with van der Waals surface area (Å²) in [6.45, 7) is 5.15. The first kappa shape index (κ1) is 19.1. The number of hydrogen-bond acceptors (Lipinski definition) is 2. The molecule has 0 bridgehead atoms. The highest BCUT2D eigenvalue weighted by Gasteiger charge is 2.28. The molecule has 0 unspecified atom stereocenters. The third-order valence-corrected chi connectivity index (χ3v) is 4.18. The quantitative estimate of drug-likeness (QED) is 0.438. The van der Waals surface area contributed by atoms with Crippen molar-refractivity contribution in [3.05, 3.63) is 56.1 Å². The Bertz CT molecular complexity index is 726. The Morgan fingerprint density at radius 2 is 1.75 bits per heavy atom. The highest BCUT2D eigenvalue weighted by atomic mass is 127. The second-order valence-corrected chi connectivity index (χ2v) is 8.11.